The first-order valence-corrected chi connectivity index (χ1v) is 7.18. The second-order valence-electron chi connectivity index (χ2n) is 2.60. The van der Waals surface area contributed by atoms with E-state index in [-0.39, 0.29) is 0 Å². The van der Waals surface area contributed by atoms with E-state index in [9.17, 15) is 0 Å². The van der Waals surface area contributed by atoms with Crippen molar-refractivity contribution in [2.24, 2.45) is 0 Å². The Balaban J connectivity index is 3.19. The summed E-state index contributed by atoms with van der Waals surface area (Å²) in [5.41, 5.74) is 2.30. The summed E-state index contributed by atoms with van der Waals surface area (Å²) >= 11 is 6.87. The molecule has 1 aromatic heterocycles. The zero-order chi connectivity index (χ0) is 10.6. The second kappa shape index (κ2) is 5.48. The van der Waals surface area contributed by atoms with Gasteiger partial charge in [-0.1, -0.05) is 19.1 Å². The number of pyridine rings is 1. The monoisotopic (exact) mass is 235 g/mol. The van der Waals surface area contributed by atoms with Crippen molar-refractivity contribution >= 4 is 47.4 Å². The van der Waals surface area contributed by atoms with Crippen molar-refractivity contribution in [2.45, 2.75) is 13.3 Å². The van der Waals surface area contributed by atoms with E-state index in [0.717, 1.165) is 22.0 Å². The maximum atomic E-state index is 6.96. The molecule has 0 bridgehead atoms. The van der Waals surface area contributed by atoms with Crippen LogP contribution in [0.1, 0.15) is 18.3 Å². The molecule has 0 fully saturated rings. The molecule has 1 heterocycles. The molecule has 1 aromatic rings. The van der Waals surface area contributed by atoms with Crippen LogP contribution in [0.5, 0.6) is 0 Å². The molecule has 0 aliphatic heterocycles. The molecule has 2 nitrogen and oxygen atoms in total. The third-order valence-corrected chi connectivity index (χ3v) is 4.22. The Hall–Kier alpha value is -0.388. The average Bonchev–Trinajstić information content (AvgIpc) is 2.27. The summed E-state index contributed by atoms with van der Waals surface area (Å²) in [4.78, 5) is 7.77. The van der Waals surface area contributed by atoms with Gasteiger partial charge in [0, 0.05) is 5.69 Å². The summed E-state index contributed by atoms with van der Waals surface area (Å²) < 4.78 is 0.753. The molecule has 14 heavy (non-hydrogen) atoms. The molecular weight excluding hydrogens is 227 g/mol. The fourth-order valence-electron chi connectivity index (χ4n) is 0.996. The molecule has 0 aromatic carbocycles. The van der Waals surface area contributed by atoms with Gasteiger partial charge in [0.25, 0.3) is 15.2 Å². The van der Waals surface area contributed by atoms with Crippen LogP contribution in [-0.2, 0) is 6.42 Å². The molecule has 0 unspecified atom stereocenters. The van der Waals surface area contributed by atoms with E-state index in [2.05, 4.69) is 9.83 Å². The van der Waals surface area contributed by atoms with E-state index in [1.54, 1.807) is 21.2 Å². The number of thiocarbonyl (C=S) groups is 1. The van der Waals surface area contributed by atoms with Crippen LogP contribution in [0.2, 0.25) is 0 Å². The summed E-state index contributed by atoms with van der Waals surface area (Å²) in [7, 11) is 1.51. The molecule has 1 rings (SSSR count). The van der Waals surface area contributed by atoms with Crippen LogP contribution in [0, 0.1) is 6.57 Å². The third kappa shape index (κ3) is 2.80. The van der Waals surface area contributed by atoms with E-state index in [0.29, 0.717) is 5.69 Å². The van der Waals surface area contributed by atoms with Crippen LogP contribution in [0.3, 0.4) is 0 Å². The van der Waals surface area contributed by atoms with Crippen LogP contribution < -0.4 is 0 Å². The maximum Gasteiger partial charge on any atom is 0.283 e. The zero-order valence-corrected chi connectivity index (χ0v) is 10.8. The number of nitrogens with zero attached hydrogens (tertiary/aromatic N) is 2. The van der Waals surface area contributed by atoms with Crippen LogP contribution in [-0.4, -0.2) is 24.3 Å². The van der Waals surface area contributed by atoms with E-state index in [1.807, 2.05) is 13.0 Å². The fourth-order valence-corrected chi connectivity index (χ4v) is 1.80. The lowest BCUT2D eigenvalue weighted by Gasteiger charge is -2.04. The maximum absolute atomic E-state index is 6.96. The Labute approximate surface area is 100 Å². The number of hydrogen-bond acceptors (Lipinski definition) is 3. The van der Waals surface area contributed by atoms with E-state index >= 15 is 0 Å². The Morgan fingerprint density at radius 3 is 2.93 bits per heavy atom. The van der Waals surface area contributed by atoms with Crippen molar-refractivity contribution in [3.8, 4) is 0 Å². The lowest BCUT2D eigenvalue weighted by molar-refractivity contribution is 1.03. The van der Waals surface area contributed by atoms with Gasteiger partial charge >= 0.3 is 0 Å². The molecular formula is C9H8AlN2S2. The SMILES string of the molecule is [C-]#[N+]c1cc(CC)nc(C(=S)[S][AlH])c1. The highest BCUT2D eigenvalue weighted by Crippen LogP contribution is 2.18. The van der Waals surface area contributed by atoms with Crippen molar-refractivity contribution in [2.75, 3.05) is 0 Å². The molecule has 1 radical (unpaired) electrons. The summed E-state index contributed by atoms with van der Waals surface area (Å²) in [5, 5.41) is 0. The standard InChI is InChI=1S/C9H8N2S2.Al.H/c1-3-6-4-7(10-2)5-8(11-6)9(12)13;;/h4-5H,3H2,1H3,(H,12,13);;/q;+1;/p-1. The van der Waals surface area contributed by atoms with Crippen molar-refractivity contribution in [1.82, 2.24) is 4.98 Å². The topological polar surface area (TPSA) is 17.2 Å². The smallest absolute Gasteiger partial charge is 0.254 e. The van der Waals surface area contributed by atoms with Crippen molar-refractivity contribution < 1.29 is 0 Å². The molecule has 0 spiro atoms. The molecule has 5 heteroatoms. The van der Waals surface area contributed by atoms with Crippen LogP contribution in [0.25, 0.3) is 4.85 Å². The number of aromatic nitrogens is 1. The first kappa shape index (κ1) is 11.7. The van der Waals surface area contributed by atoms with Gasteiger partial charge in [-0.3, -0.25) is 4.98 Å². The minimum absolute atomic E-state index is 0.617. The first-order chi connectivity index (χ1) is 6.71. The van der Waals surface area contributed by atoms with Gasteiger partial charge in [0.1, 0.15) is 0 Å². The van der Waals surface area contributed by atoms with Crippen LogP contribution >= 0.6 is 22.3 Å². The van der Waals surface area contributed by atoms with Gasteiger partial charge < -0.3 is 0 Å². The molecule has 0 atom stereocenters. The predicted octanol–water partition coefficient (Wildman–Crippen LogP) is 2.42. The number of aryl methyl sites for hydroxylation is 1. The Morgan fingerprint density at radius 1 is 1.71 bits per heavy atom. The molecule has 0 aliphatic rings. The van der Waals surface area contributed by atoms with Gasteiger partial charge in [0.15, 0.2) is 5.69 Å². The largest absolute Gasteiger partial charge is 0.283 e. The molecule has 0 saturated heterocycles. The van der Waals surface area contributed by atoms with Crippen LogP contribution in [0.15, 0.2) is 12.1 Å². The zero-order valence-electron chi connectivity index (χ0n) is 7.78. The average molecular weight is 235 g/mol. The quantitative estimate of drug-likeness (QED) is 0.445. The van der Waals surface area contributed by atoms with Gasteiger partial charge in [0.05, 0.1) is 16.5 Å². The molecule has 0 aliphatic carbocycles. The minimum atomic E-state index is 0.617. The van der Waals surface area contributed by atoms with Crippen molar-refractivity contribution in [1.29, 1.82) is 0 Å². The predicted molar refractivity (Wildman–Crippen MR) is 66.3 cm³/mol. The van der Waals surface area contributed by atoms with E-state index < -0.39 is 0 Å². The number of hydrogen-bond donors (Lipinski definition) is 0. The normalized spacial score (nSPS) is 9.43. The fraction of sp³-hybridized carbons (Fsp3) is 0.222. The van der Waals surface area contributed by atoms with Gasteiger partial charge in [-0.05, 0) is 18.6 Å². The van der Waals surface area contributed by atoms with E-state index in [4.69, 9.17) is 18.8 Å². The van der Waals surface area contributed by atoms with Crippen molar-refractivity contribution in [3.05, 3.63) is 34.9 Å². The highest BCUT2D eigenvalue weighted by atomic mass is 32.3. The Morgan fingerprint density at radius 2 is 2.43 bits per heavy atom. The highest BCUT2D eigenvalue weighted by molar-refractivity contribution is 8.37. The summed E-state index contributed by atoms with van der Waals surface area (Å²) in [5.74, 6) is 0. The summed E-state index contributed by atoms with van der Waals surface area (Å²) in [6.45, 7) is 8.98. The number of rotatable bonds is 2. The highest BCUT2D eigenvalue weighted by Gasteiger charge is 2.04. The third-order valence-electron chi connectivity index (χ3n) is 1.69. The molecule has 69 valence electrons. The molecule has 0 saturated carbocycles. The first-order valence-electron chi connectivity index (χ1n) is 4.06. The molecule has 0 amide bonds. The minimum Gasteiger partial charge on any atom is -0.254 e. The lowest BCUT2D eigenvalue weighted by atomic mass is 10.2. The lowest BCUT2D eigenvalue weighted by Crippen LogP contribution is -1.98. The summed E-state index contributed by atoms with van der Waals surface area (Å²) in [6, 6.07) is 3.55. The van der Waals surface area contributed by atoms with Crippen molar-refractivity contribution in [3.63, 3.8) is 0 Å². The summed E-state index contributed by atoms with van der Waals surface area (Å²) in [6.07, 6.45) is 0.829. The Kier molecular flexibility index (Phi) is 4.58. The van der Waals surface area contributed by atoms with Gasteiger partial charge in [-0.2, -0.15) is 0 Å². The van der Waals surface area contributed by atoms with Crippen LogP contribution in [0.4, 0.5) is 5.69 Å². The van der Waals surface area contributed by atoms with Gasteiger partial charge in [-0.25, -0.2) is 15.0 Å². The van der Waals surface area contributed by atoms with Gasteiger partial charge in [0.2, 0.25) is 0 Å². The van der Waals surface area contributed by atoms with E-state index in [1.165, 1.54) is 10.1 Å². The second-order valence-corrected chi connectivity index (χ2v) is 4.83. The molecule has 0 N–H and O–H groups in total. The van der Waals surface area contributed by atoms with Gasteiger partial charge in [-0.15, -0.1) is 0 Å². The Bertz CT molecular complexity index is 398.